The van der Waals surface area contributed by atoms with Gasteiger partial charge in [0, 0.05) is 24.0 Å². The van der Waals surface area contributed by atoms with Crippen molar-refractivity contribution in [1.29, 1.82) is 0 Å². The standard InChI is InChI=1S/C17H15FN6S/c1-11-10-20-16(25-11)8-9-19-14-6-7-15-21-22-17(24(15)23-14)12-4-2-3-5-13(12)18/h2-7,10H,8-9H2,1H3,(H,19,23). The van der Waals surface area contributed by atoms with Crippen LogP contribution >= 0.6 is 11.3 Å². The van der Waals surface area contributed by atoms with Crippen molar-refractivity contribution in [2.45, 2.75) is 13.3 Å². The van der Waals surface area contributed by atoms with Crippen molar-refractivity contribution in [1.82, 2.24) is 24.8 Å². The van der Waals surface area contributed by atoms with Gasteiger partial charge in [-0.05, 0) is 31.2 Å². The maximum Gasteiger partial charge on any atom is 0.188 e. The normalized spacial score (nSPS) is 11.1. The number of rotatable bonds is 5. The zero-order valence-electron chi connectivity index (χ0n) is 13.5. The molecule has 0 unspecified atom stereocenters. The summed E-state index contributed by atoms with van der Waals surface area (Å²) < 4.78 is 15.6. The van der Waals surface area contributed by atoms with Crippen LogP contribution in [0.5, 0.6) is 0 Å². The van der Waals surface area contributed by atoms with Crippen LogP contribution in [0.2, 0.25) is 0 Å². The lowest BCUT2D eigenvalue weighted by Gasteiger charge is -2.06. The quantitative estimate of drug-likeness (QED) is 0.595. The van der Waals surface area contributed by atoms with Crippen LogP contribution in [0.1, 0.15) is 9.88 Å². The van der Waals surface area contributed by atoms with Crippen LogP contribution in [0, 0.1) is 12.7 Å². The second kappa shape index (κ2) is 6.56. The predicted molar refractivity (Wildman–Crippen MR) is 95.2 cm³/mol. The van der Waals surface area contributed by atoms with Crippen LogP contribution < -0.4 is 5.32 Å². The summed E-state index contributed by atoms with van der Waals surface area (Å²) in [4.78, 5) is 5.55. The van der Waals surface area contributed by atoms with E-state index >= 15 is 0 Å². The lowest BCUT2D eigenvalue weighted by atomic mass is 10.2. The van der Waals surface area contributed by atoms with Crippen LogP contribution in [0.15, 0.2) is 42.6 Å². The lowest BCUT2D eigenvalue weighted by Crippen LogP contribution is -2.08. The average molecular weight is 354 g/mol. The number of anilines is 1. The topological polar surface area (TPSA) is 68.0 Å². The van der Waals surface area contributed by atoms with Gasteiger partial charge in [0.05, 0.1) is 10.6 Å². The van der Waals surface area contributed by atoms with E-state index in [1.807, 2.05) is 19.2 Å². The van der Waals surface area contributed by atoms with Crippen molar-refractivity contribution in [3.05, 3.63) is 58.3 Å². The minimum absolute atomic E-state index is 0.351. The molecule has 4 aromatic rings. The molecule has 0 atom stereocenters. The SMILES string of the molecule is Cc1cnc(CCNc2ccc3nnc(-c4ccccc4F)n3n2)s1. The molecule has 3 aromatic heterocycles. The Morgan fingerprint density at radius 2 is 2.04 bits per heavy atom. The number of hydrogen-bond donors (Lipinski definition) is 1. The van der Waals surface area contributed by atoms with E-state index in [-0.39, 0.29) is 5.82 Å². The van der Waals surface area contributed by atoms with Gasteiger partial charge in [0.15, 0.2) is 11.5 Å². The minimum Gasteiger partial charge on any atom is -0.368 e. The van der Waals surface area contributed by atoms with Crippen molar-refractivity contribution in [2.75, 3.05) is 11.9 Å². The van der Waals surface area contributed by atoms with Gasteiger partial charge in [-0.3, -0.25) is 0 Å². The molecular weight excluding hydrogens is 339 g/mol. The Hall–Kier alpha value is -2.87. The van der Waals surface area contributed by atoms with E-state index in [4.69, 9.17) is 0 Å². The lowest BCUT2D eigenvalue weighted by molar-refractivity contribution is 0.629. The van der Waals surface area contributed by atoms with Gasteiger partial charge in [0.1, 0.15) is 11.6 Å². The van der Waals surface area contributed by atoms with E-state index in [1.54, 1.807) is 40.1 Å². The average Bonchev–Trinajstić information content (AvgIpc) is 3.21. The Morgan fingerprint density at radius 3 is 2.84 bits per heavy atom. The molecule has 0 fully saturated rings. The first-order chi connectivity index (χ1) is 12.2. The second-order valence-corrected chi connectivity index (χ2v) is 6.85. The van der Waals surface area contributed by atoms with E-state index < -0.39 is 0 Å². The molecule has 0 aliphatic rings. The molecule has 0 amide bonds. The fraction of sp³-hybridized carbons (Fsp3) is 0.176. The van der Waals surface area contributed by atoms with Gasteiger partial charge in [0.25, 0.3) is 0 Å². The number of benzene rings is 1. The molecule has 126 valence electrons. The van der Waals surface area contributed by atoms with Crippen molar-refractivity contribution in [3.8, 4) is 11.4 Å². The molecule has 6 nitrogen and oxygen atoms in total. The molecule has 0 aliphatic heterocycles. The number of halogens is 1. The summed E-state index contributed by atoms with van der Waals surface area (Å²) >= 11 is 1.69. The maximum atomic E-state index is 14.0. The molecule has 1 aromatic carbocycles. The summed E-state index contributed by atoms with van der Waals surface area (Å²) in [5.74, 6) is 0.710. The number of aromatic nitrogens is 5. The molecular formula is C17H15FN6S. The van der Waals surface area contributed by atoms with Crippen molar-refractivity contribution in [3.63, 3.8) is 0 Å². The first-order valence-corrected chi connectivity index (χ1v) is 8.65. The minimum atomic E-state index is -0.351. The molecule has 8 heteroatoms. The first-order valence-electron chi connectivity index (χ1n) is 7.83. The molecule has 0 radical (unpaired) electrons. The van der Waals surface area contributed by atoms with E-state index in [1.165, 1.54) is 10.9 Å². The Kier molecular flexibility index (Phi) is 4.10. The van der Waals surface area contributed by atoms with E-state index in [9.17, 15) is 4.39 Å². The van der Waals surface area contributed by atoms with Crippen LogP contribution in [-0.2, 0) is 6.42 Å². The number of hydrogen-bond acceptors (Lipinski definition) is 6. The Bertz CT molecular complexity index is 1020. The molecule has 0 aliphatic carbocycles. The predicted octanol–water partition coefficient (Wildman–Crippen LogP) is 3.35. The number of thiazole rings is 1. The molecule has 3 heterocycles. The highest BCUT2D eigenvalue weighted by Crippen LogP contribution is 2.21. The third-order valence-electron chi connectivity index (χ3n) is 3.69. The third-order valence-corrected chi connectivity index (χ3v) is 4.66. The van der Waals surface area contributed by atoms with Gasteiger partial charge in [-0.1, -0.05) is 12.1 Å². The van der Waals surface area contributed by atoms with E-state index in [2.05, 4.69) is 25.6 Å². The summed E-state index contributed by atoms with van der Waals surface area (Å²) in [5, 5.41) is 17.0. The smallest absolute Gasteiger partial charge is 0.188 e. The summed E-state index contributed by atoms with van der Waals surface area (Å²) in [6.07, 6.45) is 2.70. The number of nitrogens with one attached hydrogen (secondary N) is 1. The van der Waals surface area contributed by atoms with Crippen molar-refractivity contribution in [2.24, 2.45) is 0 Å². The largest absolute Gasteiger partial charge is 0.368 e. The highest BCUT2D eigenvalue weighted by atomic mass is 32.1. The first kappa shape index (κ1) is 15.6. The highest BCUT2D eigenvalue weighted by molar-refractivity contribution is 7.11. The molecule has 0 saturated carbocycles. The maximum absolute atomic E-state index is 14.0. The number of nitrogens with zero attached hydrogens (tertiary/aromatic N) is 5. The van der Waals surface area contributed by atoms with Crippen LogP contribution in [0.3, 0.4) is 0 Å². The zero-order valence-corrected chi connectivity index (χ0v) is 14.3. The van der Waals surface area contributed by atoms with E-state index in [0.29, 0.717) is 29.4 Å². The van der Waals surface area contributed by atoms with Crippen molar-refractivity contribution >= 4 is 22.8 Å². The fourth-order valence-electron chi connectivity index (χ4n) is 2.51. The van der Waals surface area contributed by atoms with Crippen molar-refractivity contribution < 1.29 is 4.39 Å². The third kappa shape index (κ3) is 3.20. The van der Waals surface area contributed by atoms with Gasteiger partial charge >= 0.3 is 0 Å². The highest BCUT2D eigenvalue weighted by Gasteiger charge is 2.13. The van der Waals surface area contributed by atoms with Gasteiger partial charge in [0.2, 0.25) is 0 Å². The van der Waals surface area contributed by atoms with Crippen LogP contribution in [0.25, 0.3) is 17.0 Å². The summed E-state index contributed by atoms with van der Waals surface area (Å²) in [7, 11) is 0. The second-order valence-electron chi connectivity index (χ2n) is 5.53. The van der Waals surface area contributed by atoms with E-state index in [0.717, 1.165) is 11.4 Å². The molecule has 4 rings (SSSR count). The summed E-state index contributed by atoms with van der Waals surface area (Å²) in [6, 6.07) is 10.1. The van der Waals surface area contributed by atoms with Gasteiger partial charge in [-0.25, -0.2) is 9.37 Å². The molecule has 0 saturated heterocycles. The number of aryl methyl sites for hydroxylation is 1. The summed E-state index contributed by atoms with van der Waals surface area (Å²) in [6.45, 7) is 2.75. The van der Waals surface area contributed by atoms with Crippen LogP contribution in [-0.4, -0.2) is 31.3 Å². The summed E-state index contributed by atoms with van der Waals surface area (Å²) in [5.41, 5.74) is 0.942. The fourth-order valence-corrected chi connectivity index (χ4v) is 3.29. The zero-order chi connectivity index (χ0) is 17.2. The molecule has 25 heavy (non-hydrogen) atoms. The Balaban J connectivity index is 1.57. The molecule has 0 bridgehead atoms. The van der Waals surface area contributed by atoms with Crippen LogP contribution in [0.4, 0.5) is 10.2 Å². The number of fused-ring (bicyclic) bond motifs is 1. The Morgan fingerprint density at radius 1 is 1.16 bits per heavy atom. The Labute approximate surface area is 147 Å². The van der Waals surface area contributed by atoms with Gasteiger partial charge < -0.3 is 5.32 Å². The monoisotopic (exact) mass is 354 g/mol. The molecule has 0 spiro atoms. The van der Waals surface area contributed by atoms with Gasteiger partial charge in [-0.15, -0.1) is 26.6 Å². The van der Waals surface area contributed by atoms with Gasteiger partial charge in [-0.2, -0.15) is 4.52 Å². The molecule has 1 N–H and O–H groups in total.